The lowest BCUT2D eigenvalue weighted by Crippen LogP contribution is -2.60. The number of rotatable bonds is 3. The van der Waals surface area contributed by atoms with Gasteiger partial charge in [0.1, 0.15) is 0 Å². The average Bonchev–Trinajstić information content (AvgIpc) is 3.00. The smallest absolute Gasteiger partial charge is 0.256 e. The van der Waals surface area contributed by atoms with Crippen LogP contribution in [0.1, 0.15) is 12.6 Å². The van der Waals surface area contributed by atoms with Gasteiger partial charge in [-0.1, -0.05) is 0 Å². The average molecular weight is 311 g/mol. The van der Waals surface area contributed by atoms with E-state index in [0.29, 0.717) is 39.5 Å². The summed E-state index contributed by atoms with van der Waals surface area (Å²) in [4.78, 5) is 21.1. The van der Waals surface area contributed by atoms with Gasteiger partial charge in [0.05, 0.1) is 31.0 Å². The maximum atomic E-state index is 12.7. The first-order chi connectivity index (χ1) is 10.2. The Kier molecular flexibility index (Phi) is 4.54. The summed E-state index contributed by atoms with van der Waals surface area (Å²) in [5.41, 5.74) is 2.14. The number of hydrogen-bond acceptors (Lipinski definition) is 6. The molecule has 1 atom stereocenters. The molecule has 7 heteroatoms. The van der Waals surface area contributed by atoms with Crippen LogP contribution in [0.5, 0.6) is 0 Å². The zero-order valence-electron chi connectivity index (χ0n) is 12.3. The van der Waals surface area contributed by atoms with Crippen LogP contribution in [0.2, 0.25) is 0 Å². The Bertz CT molecular complexity index is 476. The molecule has 0 spiro atoms. The highest BCUT2D eigenvalue weighted by atomic mass is 32.1. The molecule has 0 aliphatic carbocycles. The van der Waals surface area contributed by atoms with Crippen molar-refractivity contribution in [2.75, 3.05) is 46.0 Å². The number of nitrogens with zero attached hydrogens (tertiary/aromatic N) is 3. The third-order valence-corrected chi connectivity index (χ3v) is 4.61. The first kappa shape index (κ1) is 14.9. The van der Waals surface area contributed by atoms with Gasteiger partial charge in [-0.25, -0.2) is 4.98 Å². The first-order valence-corrected chi connectivity index (χ1v) is 8.22. The molecule has 116 valence electrons. The Balaban J connectivity index is 1.64. The molecule has 0 N–H and O–H groups in total. The van der Waals surface area contributed by atoms with E-state index >= 15 is 0 Å². The molecule has 2 saturated heterocycles. The van der Waals surface area contributed by atoms with E-state index in [1.54, 1.807) is 11.3 Å². The van der Waals surface area contributed by atoms with Crippen molar-refractivity contribution >= 4 is 17.2 Å². The van der Waals surface area contributed by atoms with Crippen molar-refractivity contribution in [1.29, 1.82) is 0 Å². The lowest BCUT2D eigenvalue weighted by Gasteiger charge is -2.42. The third kappa shape index (κ3) is 3.42. The number of morpholine rings is 2. The summed E-state index contributed by atoms with van der Waals surface area (Å²) in [6.45, 7) is 7.25. The maximum absolute atomic E-state index is 12.7. The Labute approximate surface area is 128 Å². The van der Waals surface area contributed by atoms with Crippen LogP contribution in [0.25, 0.3) is 0 Å². The molecule has 0 radical (unpaired) electrons. The van der Waals surface area contributed by atoms with Crippen LogP contribution in [0, 0.1) is 0 Å². The van der Waals surface area contributed by atoms with Crippen molar-refractivity contribution in [3.63, 3.8) is 0 Å². The van der Waals surface area contributed by atoms with Gasteiger partial charge < -0.3 is 14.4 Å². The van der Waals surface area contributed by atoms with Gasteiger partial charge in [0, 0.05) is 38.1 Å². The molecule has 0 bridgehead atoms. The molecule has 2 fully saturated rings. The van der Waals surface area contributed by atoms with E-state index in [4.69, 9.17) is 9.47 Å². The van der Waals surface area contributed by atoms with Gasteiger partial charge in [-0.15, -0.1) is 11.3 Å². The van der Waals surface area contributed by atoms with Gasteiger partial charge in [0.25, 0.3) is 5.91 Å². The predicted molar refractivity (Wildman–Crippen MR) is 79.1 cm³/mol. The first-order valence-electron chi connectivity index (χ1n) is 7.28. The number of carbonyl (C=O) groups excluding carboxylic acids is 1. The minimum atomic E-state index is -0.758. The Morgan fingerprint density at radius 1 is 1.38 bits per heavy atom. The summed E-state index contributed by atoms with van der Waals surface area (Å²) in [6, 6.07) is 0. The number of aromatic nitrogens is 1. The number of ether oxygens (including phenoxy) is 2. The third-order valence-electron chi connectivity index (χ3n) is 3.97. The van der Waals surface area contributed by atoms with E-state index in [2.05, 4.69) is 15.3 Å². The summed E-state index contributed by atoms with van der Waals surface area (Å²) >= 11 is 1.60. The van der Waals surface area contributed by atoms with Gasteiger partial charge in [0.2, 0.25) is 0 Å². The van der Waals surface area contributed by atoms with Crippen molar-refractivity contribution < 1.29 is 14.3 Å². The fourth-order valence-electron chi connectivity index (χ4n) is 2.86. The van der Waals surface area contributed by atoms with E-state index in [1.807, 2.05) is 17.3 Å². The molecular weight excluding hydrogens is 290 g/mol. The Morgan fingerprint density at radius 3 is 2.90 bits per heavy atom. The number of thiazole rings is 1. The zero-order valence-corrected chi connectivity index (χ0v) is 13.1. The lowest BCUT2D eigenvalue weighted by atomic mass is 10.0. The summed E-state index contributed by atoms with van der Waals surface area (Å²) in [6.07, 6.45) is 0. The van der Waals surface area contributed by atoms with Crippen molar-refractivity contribution in [3.8, 4) is 0 Å². The highest BCUT2D eigenvalue weighted by molar-refractivity contribution is 7.07. The highest BCUT2D eigenvalue weighted by Crippen LogP contribution is 2.22. The molecule has 2 aliphatic rings. The summed E-state index contributed by atoms with van der Waals surface area (Å²) < 4.78 is 11.1. The second-order valence-corrected chi connectivity index (χ2v) is 6.39. The van der Waals surface area contributed by atoms with Crippen LogP contribution in [0.3, 0.4) is 0 Å². The van der Waals surface area contributed by atoms with E-state index < -0.39 is 5.60 Å². The molecule has 1 amide bonds. The quantitative estimate of drug-likeness (QED) is 0.818. The van der Waals surface area contributed by atoms with Gasteiger partial charge in [-0.3, -0.25) is 9.69 Å². The maximum Gasteiger partial charge on any atom is 0.256 e. The number of amides is 1. The summed E-state index contributed by atoms with van der Waals surface area (Å²) in [5.74, 6) is 0.0776. The van der Waals surface area contributed by atoms with E-state index in [1.165, 1.54) is 0 Å². The molecule has 3 heterocycles. The predicted octanol–water partition coefficient (Wildman–Crippen LogP) is 0.593. The van der Waals surface area contributed by atoms with Crippen LogP contribution >= 0.6 is 11.3 Å². The van der Waals surface area contributed by atoms with E-state index in [0.717, 1.165) is 18.8 Å². The molecule has 3 rings (SSSR count). The fraction of sp³-hybridized carbons (Fsp3) is 0.714. The summed E-state index contributed by atoms with van der Waals surface area (Å²) in [5, 5.41) is 2.05. The van der Waals surface area contributed by atoms with E-state index in [9.17, 15) is 4.79 Å². The van der Waals surface area contributed by atoms with Crippen LogP contribution in [-0.4, -0.2) is 72.3 Å². The SMILES string of the molecule is C[C@@]1(C(=O)N2CCOCC2)CN(Cc2cscn2)CCO1. The number of hydrogen-bond donors (Lipinski definition) is 0. The fourth-order valence-corrected chi connectivity index (χ4v) is 3.41. The molecule has 1 aromatic heterocycles. The highest BCUT2D eigenvalue weighted by Gasteiger charge is 2.42. The van der Waals surface area contributed by atoms with Crippen molar-refractivity contribution in [2.24, 2.45) is 0 Å². The molecule has 0 aromatic carbocycles. The minimum absolute atomic E-state index is 0.0776. The second-order valence-electron chi connectivity index (χ2n) is 5.67. The molecule has 1 aromatic rings. The van der Waals surface area contributed by atoms with Crippen molar-refractivity contribution in [1.82, 2.24) is 14.8 Å². The molecular formula is C14H21N3O3S. The lowest BCUT2D eigenvalue weighted by molar-refractivity contribution is -0.171. The van der Waals surface area contributed by atoms with E-state index in [-0.39, 0.29) is 5.91 Å². The van der Waals surface area contributed by atoms with Crippen LogP contribution in [0.15, 0.2) is 10.9 Å². The largest absolute Gasteiger partial charge is 0.378 e. The molecule has 21 heavy (non-hydrogen) atoms. The molecule has 6 nitrogen and oxygen atoms in total. The van der Waals surface area contributed by atoms with Crippen LogP contribution in [0.4, 0.5) is 0 Å². The van der Waals surface area contributed by atoms with Gasteiger partial charge in [-0.05, 0) is 6.92 Å². The topological polar surface area (TPSA) is 54.9 Å². The Hall–Kier alpha value is -1.02. The van der Waals surface area contributed by atoms with Crippen LogP contribution < -0.4 is 0 Å². The standard InChI is InChI=1S/C14H21N3O3S/c1-14(13(18)17-3-5-19-6-4-17)10-16(2-7-20-14)8-12-9-21-11-15-12/h9,11H,2-8,10H2,1H3/t14-/m0/s1. The van der Waals surface area contributed by atoms with Gasteiger partial charge >= 0.3 is 0 Å². The monoisotopic (exact) mass is 311 g/mol. The van der Waals surface area contributed by atoms with Crippen LogP contribution in [-0.2, 0) is 20.8 Å². The normalized spacial score (nSPS) is 27.8. The zero-order chi connectivity index (χ0) is 14.7. The number of carbonyl (C=O) groups is 1. The van der Waals surface area contributed by atoms with Gasteiger partial charge in [-0.2, -0.15) is 0 Å². The Morgan fingerprint density at radius 2 is 2.19 bits per heavy atom. The second kappa shape index (κ2) is 6.39. The van der Waals surface area contributed by atoms with Gasteiger partial charge in [0.15, 0.2) is 5.60 Å². The van der Waals surface area contributed by atoms with Crippen molar-refractivity contribution in [2.45, 2.75) is 19.1 Å². The minimum Gasteiger partial charge on any atom is -0.378 e. The summed E-state index contributed by atoms with van der Waals surface area (Å²) in [7, 11) is 0. The molecule has 0 saturated carbocycles. The molecule has 2 aliphatic heterocycles. The molecule has 0 unspecified atom stereocenters. The van der Waals surface area contributed by atoms with Crippen molar-refractivity contribution in [3.05, 3.63) is 16.6 Å².